The molecule has 2 aliphatic heterocycles. The van der Waals surface area contributed by atoms with Gasteiger partial charge in [0.1, 0.15) is 11.5 Å². The third-order valence-electron chi connectivity index (χ3n) is 14.0. The maximum absolute atomic E-state index is 6.52. The lowest BCUT2D eigenvalue weighted by molar-refractivity contribution is 0.472. The minimum atomic E-state index is 0.363. The molecule has 11 aromatic rings. The summed E-state index contributed by atoms with van der Waals surface area (Å²) >= 11 is 0. The summed E-state index contributed by atoms with van der Waals surface area (Å²) in [4.78, 5) is 2.29. The van der Waals surface area contributed by atoms with Crippen molar-refractivity contribution in [1.29, 1.82) is 0 Å². The van der Waals surface area contributed by atoms with Crippen LogP contribution in [0.25, 0.3) is 60.9 Å². The van der Waals surface area contributed by atoms with Crippen molar-refractivity contribution in [1.82, 2.24) is 4.57 Å². The maximum Gasteiger partial charge on any atom is 0.151 e. The minimum Gasteiger partial charge on any atom is -0.457 e. The monoisotopic (exact) mass is 874 g/mol. The molecule has 324 valence electrons. The number of hydrogen-bond acceptors (Lipinski definition) is 3. The van der Waals surface area contributed by atoms with Crippen molar-refractivity contribution in [2.75, 3.05) is 4.90 Å². The van der Waals surface area contributed by atoms with Gasteiger partial charge in [-0.3, -0.25) is 0 Å². The lowest BCUT2D eigenvalue weighted by Gasteiger charge is -2.32. The van der Waals surface area contributed by atoms with Crippen molar-refractivity contribution in [2.45, 2.75) is 25.2 Å². The van der Waals surface area contributed by atoms with Crippen LogP contribution in [-0.4, -0.2) is 4.57 Å². The van der Waals surface area contributed by atoms with Gasteiger partial charge in [0.2, 0.25) is 0 Å². The van der Waals surface area contributed by atoms with E-state index in [2.05, 4.69) is 222 Å². The van der Waals surface area contributed by atoms with E-state index in [1.165, 1.54) is 66.3 Å². The number of nitrogens with zero attached hydrogens (tertiary/aromatic N) is 2. The van der Waals surface area contributed by atoms with E-state index < -0.39 is 0 Å². The molecule has 4 heteroatoms. The predicted octanol–water partition coefficient (Wildman–Crippen LogP) is 17.4. The zero-order valence-corrected chi connectivity index (χ0v) is 37.4. The normalized spacial score (nSPS) is 14.1. The molecule has 0 amide bonds. The summed E-state index contributed by atoms with van der Waals surface area (Å²) in [5.41, 5.74) is 17.6. The Balaban J connectivity index is 0.878. The molecule has 0 saturated heterocycles. The lowest BCUT2D eigenvalue weighted by Crippen LogP contribution is -2.15. The Morgan fingerprint density at radius 2 is 0.794 bits per heavy atom. The van der Waals surface area contributed by atoms with E-state index in [9.17, 15) is 0 Å². The number of anilines is 3. The molecule has 10 aromatic carbocycles. The summed E-state index contributed by atoms with van der Waals surface area (Å²) < 4.78 is 15.2. The Labute approximate surface area is 396 Å². The molecule has 2 aliphatic rings. The van der Waals surface area contributed by atoms with Crippen molar-refractivity contribution in [3.05, 3.63) is 253 Å². The van der Waals surface area contributed by atoms with Crippen LogP contribution in [0.2, 0.25) is 0 Å². The predicted molar refractivity (Wildman–Crippen MR) is 280 cm³/mol. The van der Waals surface area contributed by atoms with Gasteiger partial charge in [0.15, 0.2) is 11.5 Å². The number of aromatic nitrogens is 1. The zero-order chi connectivity index (χ0) is 45.0. The van der Waals surface area contributed by atoms with Crippen LogP contribution in [0.1, 0.15) is 29.0 Å². The van der Waals surface area contributed by atoms with E-state index in [1.54, 1.807) is 0 Å². The van der Waals surface area contributed by atoms with Gasteiger partial charge in [0.25, 0.3) is 0 Å². The first-order chi connectivity index (χ1) is 33.7. The Kier molecular flexibility index (Phi) is 9.75. The number of hydrogen-bond donors (Lipinski definition) is 0. The minimum absolute atomic E-state index is 0.363. The van der Waals surface area contributed by atoms with Crippen molar-refractivity contribution in [2.24, 2.45) is 0 Å². The smallest absolute Gasteiger partial charge is 0.151 e. The molecule has 0 saturated carbocycles. The van der Waals surface area contributed by atoms with Gasteiger partial charge in [-0.1, -0.05) is 152 Å². The molecule has 13 rings (SSSR count). The van der Waals surface area contributed by atoms with E-state index in [0.717, 1.165) is 70.6 Å². The highest BCUT2D eigenvalue weighted by atomic mass is 16.5. The maximum atomic E-state index is 6.52. The zero-order valence-electron chi connectivity index (χ0n) is 37.4. The van der Waals surface area contributed by atoms with E-state index in [1.807, 2.05) is 24.3 Å². The van der Waals surface area contributed by atoms with E-state index >= 15 is 0 Å². The van der Waals surface area contributed by atoms with Crippen LogP contribution in [0.3, 0.4) is 0 Å². The highest BCUT2D eigenvalue weighted by Crippen LogP contribution is 2.50. The third kappa shape index (κ3) is 7.10. The second-order valence-corrected chi connectivity index (χ2v) is 18.0. The largest absolute Gasteiger partial charge is 0.457 e. The number of ether oxygens (including phenoxy) is 2. The number of para-hydroxylation sites is 6. The first kappa shape index (κ1) is 39.7. The summed E-state index contributed by atoms with van der Waals surface area (Å²) in [6.07, 6.45) is 2.95. The molecule has 1 aromatic heterocycles. The first-order valence-corrected chi connectivity index (χ1v) is 23.6. The van der Waals surface area contributed by atoms with Crippen molar-refractivity contribution >= 4 is 38.9 Å². The van der Waals surface area contributed by atoms with Crippen LogP contribution in [0.15, 0.2) is 237 Å². The molecule has 0 aliphatic carbocycles. The molecule has 0 bridgehead atoms. The molecule has 4 nitrogen and oxygen atoms in total. The highest BCUT2D eigenvalue weighted by Gasteiger charge is 2.26. The van der Waals surface area contributed by atoms with Gasteiger partial charge in [-0.05, 0) is 160 Å². The lowest BCUT2D eigenvalue weighted by atomic mass is 9.86. The van der Waals surface area contributed by atoms with Crippen molar-refractivity contribution in [3.63, 3.8) is 0 Å². The molecule has 1 atom stereocenters. The van der Waals surface area contributed by atoms with Crippen LogP contribution in [0.5, 0.6) is 23.0 Å². The topological polar surface area (TPSA) is 26.6 Å². The Hall–Kier alpha value is -8.60. The summed E-state index contributed by atoms with van der Waals surface area (Å²) in [7, 11) is 0. The second kappa shape index (κ2) is 16.7. The van der Waals surface area contributed by atoms with Gasteiger partial charge >= 0.3 is 0 Å². The highest BCUT2D eigenvalue weighted by molar-refractivity contribution is 6.11. The fraction of sp³-hybridized carbons (Fsp3) is 0.0625. The molecule has 0 N–H and O–H groups in total. The fourth-order valence-corrected chi connectivity index (χ4v) is 10.5. The van der Waals surface area contributed by atoms with Crippen LogP contribution in [0.4, 0.5) is 17.1 Å². The Morgan fingerprint density at radius 1 is 0.353 bits per heavy atom. The SMILES string of the molecule is c1ccc(-c2ccc(-n3c4ccc(-c5ccc(C6CCc7ccccc7Oc7ccccc7C6)cc5)cc4c4cc(-c5ccc(N6c7ccccc7Oc7ccccc76)cc5)ccc43)cc2)cc1. The molecule has 68 heavy (non-hydrogen) atoms. The summed E-state index contributed by atoms with van der Waals surface area (Å²) in [6.45, 7) is 0. The Bertz CT molecular complexity index is 3600. The van der Waals surface area contributed by atoms with Gasteiger partial charge in [-0.15, -0.1) is 0 Å². The molecule has 0 radical (unpaired) electrons. The van der Waals surface area contributed by atoms with Crippen LogP contribution < -0.4 is 14.4 Å². The molecular formula is C64H46N2O2. The van der Waals surface area contributed by atoms with E-state index in [0.29, 0.717) is 5.92 Å². The average molecular weight is 875 g/mol. The molecule has 1 unspecified atom stereocenters. The van der Waals surface area contributed by atoms with Crippen LogP contribution in [-0.2, 0) is 12.8 Å². The van der Waals surface area contributed by atoms with Crippen molar-refractivity contribution in [3.8, 4) is 62.1 Å². The first-order valence-electron chi connectivity index (χ1n) is 23.6. The van der Waals surface area contributed by atoms with Crippen LogP contribution in [0, 0.1) is 0 Å². The van der Waals surface area contributed by atoms with E-state index in [4.69, 9.17) is 9.47 Å². The number of fused-ring (bicyclic) bond motifs is 7. The van der Waals surface area contributed by atoms with Crippen molar-refractivity contribution < 1.29 is 9.47 Å². The van der Waals surface area contributed by atoms with E-state index in [-0.39, 0.29) is 0 Å². The summed E-state index contributed by atoms with van der Waals surface area (Å²) in [6, 6.07) is 85.3. The Morgan fingerprint density at radius 3 is 1.41 bits per heavy atom. The summed E-state index contributed by atoms with van der Waals surface area (Å²) in [5, 5.41) is 2.44. The van der Waals surface area contributed by atoms with Gasteiger partial charge in [-0.25, -0.2) is 0 Å². The molecule has 0 fully saturated rings. The second-order valence-electron chi connectivity index (χ2n) is 18.0. The van der Waals surface area contributed by atoms with Crippen LogP contribution >= 0.6 is 0 Å². The van der Waals surface area contributed by atoms with Gasteiger partial charge in [-0.2, -0.15) is 0 Å². The standard InChI is InChI=1S/C64H46N2O2/c1-2-12-43(13-3-1)44-28-34-53(35-29-44)65-57-38-32-50(46-24-22-45(23-25-46)49-27-26-48-14-4-8-18-61(48)67-62-19-9-5-15-52(62)40-49)41-55(57)56-42-51(33-39-58(56)65)47-30-36-54(37-31-47)66-59-16-6-10-20-63(59)68-64-21-11-7-17-60(64)66/h1-25,28-39,41-42,49H,26-27,40H2. The third-order valence-corrected chi connectivity index (χ3v) is 14.0. The molecular weight excluding hydrogens is 829 g/mol. The number of rotatable bonds is 6. The van der Waals surface area contributed by atoms with Gasteiger partial charge in [0, 0.05) is 22.1 Å². The molecule has 0 spiro atoms. The van der Waals surface area contributed by atoms with Gasteiger partial charge < -0.3 is 18.9 Å². The quantitative estimate of drug-likeness (QED) is 0.167. The molecule has 3 heterocycles. The fourth-order valence-electron chi connectivity index (χ4n) is 10.5. The number of aryl methyl sites for hydroxylation is 1. The number of benzene rings is 10. The average Bonchev–Trinajstić information content (AvgIpc) is 3.76. The summed E-state index contributed by atoms with van der Waals surface area (Å²) in [5.74, 6) is 3.97. The van der Waals surface area contributed by atoms with Gasteiger partial charge in [0.05, 0.1) is 22.4 Å².